The summed E-state index contributed by atoms with van der Waals surface area (Å²) in [5.74, 6) is -0.362. The van der Waals surface area contributed by atoms with Gasteiger partial charge in [-0.05, 0) is 49.2 Å². The molecule has 0 spiro atoms. The van der Waals surface area contributed by atoms with Crippen molar-refractivity contribution in [3.8, 4) is 0 Å². The predicted octanol–water partition coefficient (Wildman–Crippen LogP) is 3.36. The number of anilines is 1. The number of hydrogen-bond acceptors (Lipinski definition) is 4. The molecule has 0 fully saturated rings. The highest BCUT2D eigenvalue weighted by Crippen LogP contribution is 2.35. The summed E-state index contributed by atoms with van der Waals surface area (Å²) in [6.07, 6.45) is 0. The van der Waals surface area contributed by atoms with Crippen LogP contribution in [0.3, 0.4) is 0 Å². The molecule has 0 bridgehead atoms. The molecule has 84 valence electrons. The highest BCUT2D eigenvalue weighted by molar-refractivity contribution is 9.11. The molecule has 1 aromatic rings. The Bertz CT molecular complexity index is 393. The number of ether oxygens (including phenoxy) is 1. The summed E-state index contributed by atoms with van der Waals surface area (Å²) >= 11 is 4.65. The van der Waals surface area contributed by atoms with E-state index in [0.29, 0.717) is 10.6 Å². The Hall–Kier alpha value is -0.550. The molecule has 2 N–H and O–H groups in total. The molecular formula is C10H14BrNO2S. The van der Waals surface area contributed by atoms with Crippen molar-refractivity contribution in [2.24, 2.45) is 0 Å². The summed E-state index contributed by atoms with van der Waals surface area (Å²) in [7, 11) is 0. The van der Waals surface area contributed by atoms with Crippen LogP contribution < -0.4 is 5.73 Å². The normalized spacial score (nSPS) is 11.5. The van der Waals surface area contributed by atoms with E-state index in [1.165, 1.54) is 11.3 Å². The minimum atomic E-state index is -0.492. The van der Waals surface area contributed by atoms with E-state index in [2.05, 4.69) is 15.9 Å². The molecule has 0 aliphatic rings. The van der Waals surface area contributed by atoms with Gasteiger partial charge in [0.1, 0.15) is 10.5 Å². The topological polar surface area (TPSA) is 52.3 Å². The van der Waals surface area contributed by atoms with Gasteiger partial charge in [0.25, 0.3) is 0 Å². The molecule has 0 radical (unpaired) electrons. The van der Waals surface area contributed by atoms with Gasteiger partial charge < -0.3 is 10.5 Å². The zero-order valence-electron chi connectivity index (χ0n) is 9.18. The number of hydrogen-bond donors (Lipinski definition) is 1. The lowest BCUT2D eigenvalue weighted by Crippen LogP contribution is -2.23. The van der Waals surface area contributed by atoms with Gasteiger partial charge in [-0.1, -0.05) is 0 Å². The fourth-order valence-corrected chi connectivity index (χ4v) is 2.50. The van der Waals surface area contributed by atoms with Crippen molar-refractivity contribution in [3.63, 3.8) is 0 Å². The van der Waals surface area contributed by atoms with Gasteiger partial charge in [-0.3, -0.25) is 0 Å². The Morgan fingerprint density at radius 2 is 2.00 bits per heavy atom. The van der Waals surface area contributed by atoms with Crippen LogP contribution in [0.2, 0.25) is 0 Å². The first-order chi connectivity index (χ1) is 6.72. The van der Waals surface area contributed by atoms with Crippen molar-refractivity contribution in [1.29, 1.82) is 0 Å². The van der Waals surface area contributed by atoms with Crippen LogP contribution in [0.15, 0.2) is 3.79 Å². The fourth-order valence-electron chi connectivity index (χ4n) is 0.973. The van der Waals surface area contributed by atoms with Crippen LogP contribution in [0.25, 0.3) is 0 Å². The molecule has 0 aliphatic heterocycles. The van der Waals surface area contributed by atoms with Gasteiger partial charge in [-0.25, -0.2) is 4.79 Å². The number of halogens is 1. The van der Waals surface area contributed by atoms with Gasteiger partial charge in [0.15, 0.2) is 0 Å². The summed E-state index contributed by atoms with van der Waals surface area (Å²) in [5.41, 5.74) is 6.70. The quantitative estimate of drug-likeness (QED) is 0.807. The van der Waals surface area contributed by atoms with Crippen molar-refractivity contribution in [1.82, 2.24) is 0 Å². The SMILES string of the molecule is Cc1c(Br)sc(C(=O)OC(C)(C)C)c1N. The van der Waals surface area contributed by atoms with E-state index in [9.17, 15) is 4.79 Å². The van der Waals surface area contributed by atoms with Crippen LogP contribution in [0.1, 0.15) is 36.0 Å². The Morgan fingerprint density at radius 3 is 2.33 bits per heavy atom. The van der Waals surface area contributed by atoms with Crippen molar-refractivity contribution in [2.45, 2.75) is 33.3 Å². The molecule has 0 saturated heterocycles. The average Bonchev–Trinajstić information content (AvgIpc) is 2.30. The van der Waals surface area contributed by atoms with Crippen LogP contribution in [-0.4, -0.2) is 11.6 Å². The maximum Gasteiger partial charge on any atom is 0.351 e. The van der Waals surface area contributed by atoms with Gasteiger partial charge in [0.05, 0.1) is 9.47 Å². The lowest BCUT2D eigenvalue weighted by atomic mass is 10.2. The first-order valence-electron chi connectivity index (χ1n) is 4.50. The number of carbonyl (C=O) groups is 1. The Balaban J connectivity index is 2.98. The first-order valence-corrected chi connectivity index (χ1v) is 6.11. The van der Waals surface area contributed by atoms with Gasteiger partial charge in [0, 0.05) is 0 Å². The first kappa shape index (κ1) is 12.5. The van der Waals surface area contributed by atoms with Crippen molar-refractivity contribution < 1.29 is 9.53 Å². The molecule has 15 heavy (non-hydrogen) atoms. The summed E-state index contributed by atoms with van der Waals surface area (Å²) in [6, 6.07) is 0. The maximum absolute atomic E-state index is 11.7. The number of rotatable bonds is 1. The smallest absolute Gasteiger partial charge is 0.351 e. The standard InChI is InChI=1S/C10H14BrNO2S/c1-5-6(12)7(15-8(5)11)9(13)14-10(2,3)4/h12H2,1-4H3. The van der Waals surface area contributed by atoms with Crippen LogP contribution in [0.4, 0.5) is 5.69 Å². The number of carbonyl (C=O) groups excluding carboxylic acids is 1. The number of esters is 1. The third-order valence-corrected chi connectivity index (χ3v) is 3.88. The highest BCUT2D eigenvalue weighted by atomic mass is 79.9. The molecule has 1 aromatic heterocycles. The van der Waals surface area contributed by atoms with Crippen molar-refractivity contribution >= 4 is 38.9 Å². The Labute approximate surface area is 102 Å². The van der Waals surface area contributed by atoms with Gasteiger partial charge in [-0.15, -0.1) is 11.3 Å². The molecule has 3 nitrogen and oxygen atoms in total. The van der Waals surface area contributed by atoms with E-state index in [0.717, 1.165) is 9.35 Å². The van der Waals surface area contributed by atoms with Crippen LogP contribution >= 0.6 is 27.3 Å². The molecule has 0 amide bonds. The largest absolute Gasteiger partial charge is 0.456 e. The third-order valence-electron chi connectivity index (χ3n) is 1.72. The van der Waals surface area contributed by atoms with Crippen LogP contribution in [-0.2, 0) is 4.74 Å². The second kappa shape index (κ2) is 4.14. The third kappa shape index (κ3) is 2.95. The van der Waals surface area contributed by atoms with E-state index in [1.54, 1.807) is 0 Å². The molecule has 5 heteroatoms. The molecule has 0 aromatic carbocycles. The molecule has 0 saturated carbocycles. The molecule has 0 aliphatic carbocycles. The van der Waals surface area contributed by atoms with Crippen LogP contribution in [0.5, 0.6) is 0 Å². The predicted molar refractivity (Wildman–Crippen MR) is 66.3 cm³/mol. The summed E-state index contributed by atoms with van der Waals surface area (Å²) < 4.78 is 6.12. The van der Waals surface area contributed by atoms with E-state index in [1.807, 2.05) is 27.7 Å². The maximum atomic E-state index is 11.7. The second-order valence-electron chi connectivity index (χ2n) is 4.25. The second-order valence-corrected chi connectivity index (χ2v) is 6.58. The summed E-state index contributed by atoms with van der Waals surface area (Å²) in [5, 5.41) is 0. The van der Waals surface area contributed by atoms with Crippen molar-refractivity contribution in [3.05, 3.63) is 14.2 Å². The lowest BCUT2D eigenvalue weighted by Gasteiger charge is -2.19. The van der Waals surface area contributed by atoms with Gasteiger partial charge >= 0.3 is 5.97 Å². The Morgan fingerprint density at radius 1 is 1.47 bits per heavy atom. The van der Waals surface area contributed by atoms with E-state index < -0.39 is 5.60 Å². The van der Waals surface area contributed by atoms with Crippen molar-refractivity contribution in [2.75, 3.05) is 5.73 Å². The summed E-state index contributed by atoms with van der Waals surface area (Å²) in [6.45, 7) is 7.35. The van der Waals surface area contributed by atoms with E-state index >= 15 is 0 Å². The summed E-state index contributed by atoms with van der Waals surface area (Å²) in [4.78, 5) is 12.2. The number of nitrogens with two attached hydrogens (primary N) is 1. The zero-order valence-corrected chi connectivity index (χ0v) is 11.6. The fraction of sp³-hybridized carbons (Fsp3) is 0.500. The number of nitrogen functional groups attached to an aromatic ring is 1. The number of thiophene rings is 1. The molecule has 0 atom stereocenters. The lowest BCUT2D eigenvalue weighted by molar-refractivity contribution is 0.00763. The monoisotopic (exact) mass is 291 g/mol. The van der Waals surface area contributed by atoms with Gasteiger partial charge in [0.2, 0.25) is 0 Å². The zero-order chi connectivity index (χ0) is 11.8. The molecule has 0 unspecified atom stereocenters. The van der Waals surface area contributed by atoms with E-state index in [-0.39, 0.29) is 5.97 Å². The molecular weight excluding hydrogens is 278 g/mol. The molecule has 1 rings (SSSR count). The Kier molecular flexibility index (Phi) is 3.45. The highest BCUT2D eigenvalue weighted by Gasteiger charge is 2.23. The average molecular weight is 292 g/mol. The minimum Gasteiger partial charge on any atom is -0.456 e. The molecule has 1 heterocycles. The minimum absolute atomic E-state index is 0.362. The van der Waals surface area contributed by atoms with Gasteiger partial charge in [-0.2, -0.15) is 0 Å². The van der Waals surface area contributed by atoms with Crippen LogP contribution in [0, 0.1) is 6.92 Å². The van der Waals surface area contributed by atoms with E-state index in [4.69, 9.17) is 10.5 Å².